The largest absolute Gasteiger partial charge is 0.453 e. The predicted octanol–water partition coefficient (Wildman–Crippen LogP) is 5.55. The van der Waals surface area contributed by atoms with Crippen LogP contribution in [0, 0.1) is 11.8 Å². The molecule has 1 fully saturated rings. The molecule has 11 heteroatoms. The Labute approximate surface area is 248 Å². The van der Waals surface area contributed by atoms with Crippen LogP contribution in [-0.4, -0.2) is 42.5 Å². The van der Waals surface area contributed by atoms with Crippen LogP contribution in [0.4, 0.5) is 21.9 Å². The molecule has 42 heavy (non-hydrogen) atoms. The van der Waals surface area contributed by atoms with Crippen molar-refractivity contribution in [3.05, 3.63) is 71.5 Å². The van der Waals surface area contributed by atoms with E-state index in [1.54, 1.807) is 53.6 Å². The van der Waals surface area contributed by atoms with Crippen LogP contribution in [0.15, 0.2) is 60.8 Å². The molecule has 218 valence electrons. The predicted molar refractivity (Wildman–Crippen MR) is 160 cm³/mol. The number of methoxy groups -OCH3 is 1. The number of hydrogen-bond acceptors (Lipinski definition) is 6. The van der Waals surface area contributed by atoms with Gasteiger partial charge in [-0.25, -0.2) is 4.79 Å². The van der Waals surface area contributed by atoms with E-state index in [1.165, 1.54) is 7.11 Å². The number of nitrogens with one attached hydrogen (secondary N) is 3. The first-order valence-electron chi connectivity index (χ1n) is 13.8. The summed E-state index contributed by atoms with van der Waals surface area (Å²) in [7, 11) is 1.28. The average molecular weight is 590 g/mol. The van der Waals surface area contributed by atoms with E-state index >= 15 is 0 Å². The van der Waals surface area contributed by atoms with Crippen LogP contribution >= 0.6 is 11.6 Å². The molecule has 10 nitrogen and oxygen atoms in total. The highest BCUT2D eigenvalue weighted by atomic mass is 35.5. The van der Waals surface area contributed by atoms with E-state index in [0.717, 1.165) is 11.1 Å². The van der Waals surface area contributed by atoms with E-state index < -0.39 is 18.1 Å². The highest BCUT2D eigenvalue weighted by molar-refractivity contribution is 6.31. The van der Waals surface area contributed by atoms with Crippen molar-refractivity contribution >= 4 is 52.5 Å². The van der Waals surface area contributed by atoms with Gasteiger partial charge in [-0.1, -0.05) is 37.1 Å². The third-order valence-electron chi connectivity index (χ3n) is 7.67. The lowest BCUT2D eigenvalue weighted by Gasteiger charge is -2.23. The second kappa shape index (κ2) is 12.6. The van der Waals surface area contributed by atoms with Crippen molar-refractivity contribution in [2.45, 2.75) is 38.6 Å². The van der Waals surface area contributed by atoms with Gasteiger partial charge in [0, 0.05) is 47.0 Å². The fraction of sp³-hybridized carbons (Fsp3) is 0.323. The fourth-order valence-electron chi connectivity index (χ4n) is 5.33. The number of pyridine rings is 1. The zero-order valence-corrected chi connectivity index (χ0v) is 24.1. The second-order valence-electron chi connectivity index (χ2n) is 10.6. The number of ether oxygens (including phenoxy) is 1. The third-order valence-corrected chi connectivity index (χ3v) is 7.90. The number of halogens is 1. The van der Waals surface area contributed by atoms with Crippen LogP contribution in [0.25, 0.3) is 11.1 Å². The SMILES string of the molecule is COC(=O)Nc1ccc2c(c1)NC(=O)[C@H](C)CCC[C@H](NC(=O)C1CC(=O)N(c3cccc(Cl)c3)C1)c1cc-2ccn1. The highest BCUT2D eigenvalue weighted by Gasteiger charge is 2.36. The molecular weight excluding hydrogens is 558 g/mol. The summed E-state index contributed by atoms with van der Waals surface area (Å²) in [6, 6.07) is 15.6. The summed E-state index contributed by atoms with van der Waals surface area (Å²) in [5.74, 6) is -1.31. The standard InChI is InChI=1S/C31H32ClN5O5/c1-18-5-3-8-25(35-30(40)20-14-28(38)37(17-20)23-7-4-6-21(32)15-23)27-13-19(11-12-33-27)24-10-9-22(34-31(41)42-2)16-26(24)36-29(18)39/h4,6-7,9-13,15-16,18,20,25H,3,5,8,14,17H2,1-2H3,(H,34,41)(H,35,40)(H,36,39)/t18-,20?,25+/m1/s1. The quantitative estimate of drug-likeness (QED) is 0.366. The lowest BCUT2D eigenvalue weighted by molar-refractivity contribution is -0.127. The van der Waals surface area contributed by atoms with Crippen LogP contribution in [0.5, 0.6) is 0 Å². The van der Waals surface area contributed by atoms with Gasteiger partial charge in [-0.3, -0.25) is 24.7 Å². The Hall–Kier alpha value is -4.44. The maximum Gasteiger partial charge on any atom is 0.411 e. The molecule has 3 atom stereocenters. The molecule has 0 spiro atoms. The Morgan fingerprint density at radius 3 is 2.71 bits per heavy atom. The van der Waals surface area contributed by atoms with Crippen molar-refractivity contribution in [2.24, 2.45) is 11.8 Å². The molecule has 2 aliphatic rings. The summed E-state index contributed by atoms with van der Waals surface area (Å²) in [5, 5.41) is 9.30. The van der Waals surface area contributed by atoms with Crippen LogP contribution < -0.4 is 20.9 Å². The number of nitrogens with zero attached hydrogens (tertiary/aromatic N) is 2. The van der Waals surface area contributed by atoms with Crippen molar-refractivity contribution in [1.29, 1.82) is 0 Å². The van der Waals surface area contributed by atoms with Gasteiger partial charge in [0.1, 0.15) is 0 Å². The van der Waals surface area contributed by atoms with Crippen molar-refractivity contribution in [3.63, 3.8) is 0 Å². The second-order valence-corrected chi connectivity index (χ2v) is 11.1. The molecule has 3 N–H and O–H groups in total. The smallest absolute Gasteiger partial charge is 0.411 e. The van der Waals surface area contributed by atoms with Gasteiger partial charge in [-0.2, -0.15) is 0 Å². The molecule has 1 unspecified atom stereocenters. The van der Waals surface area contributed by atoms with Gasteiger partial charge >= 0.3 is 6.09 Å². The maximum atomic E-state index is 13.5. The average Bonchev–Trinajstić information content (AvgIpc) is 3.37. The van der Waals surface area contributed by atoms with E-state index in [1.807, 2.05) is 19.1 Å². The first kappa shape index (κ1) is 29.1. The zero-order valence-electron chi connectivity index (χ0n) is 23.4. The molecule has 5 rings (SSSR count). The summed E-state index contributed by atoms with van der Waals surface area (Å²) in [5.41, 5.74) is 3.87. The minimum atomic E-state index is -0.618. The van der Waals surface area contributed by atoms with E-state index in [-0.39, 0.29) is 36.6 Å². The molecule has 0 saturated carbocycles. The summed E-state index contributed by atoms with van der Waals surface area (Å²) >= 11 is 6.12. The Balaban J connectivity index is 1.41. The summed E-state index contributed by atoms with van der Waals surface area (Å²) in [6.45, 7) is 2.12. The van der Waals surface area contributed by atoms with E-state index in [0.29, 0.717) is 47.0 Å². The number of carbonyl (C=O) groups excluding carboxylic acids is 4. The Morgan fingerprint density at radius 1 is 1.10 bits per heavy atom. The molecule has 3 heterocycles. The van der Waals surface area contributed by atoms with Crippen molar-refractivity contribution < 1.29 is 23.9 Å². The summed E-state index contributed by atoms with van der Waals surface area (Å²) in [6.07, 6.45) is 2.99. The van der Waals surface area contributed by atoms with Crippen LogP contribution in [0.1, 0.15) is 44.3 Å². The van der Waals surface area contributed by atoms with E-state index in [4.69, 9.17) is 16.3 Å². The first-order chi connectivity index (χ1) is 20.2. The normalized spacial score (nSPS) is 20.5. The molecule has 4 amide bonds. The zero-order chi connectivity index (χ0) is 29.8. The lowest BCUT2D eigenvalue weighted by atomic mass is 9.95. The lowest BCUT2D eigenvalue weighted by Crippen LogP contribution is -2.36. The van der Waals surface area contributed by atoms with Crippen molar-refractivity contribution in [3.8, 4) is 11.1 Å². The molecule has 0 aliphatic carbocycles. The van der Waals surface area contributed by atoms with Crippen molar-refractivity contribution in [1.82, 2.24) is 10.3 Å². The number of benzene rings is 2. The van der Waals surface area contributed by atoms with E-state index in [2.05, 4.69) is 20.9 Å². The molecule has 2 aliphatic heterocycles. The van der Waals surface area contributed by atoms with Gasteiger partial charge in [0.25, 0.3) is 0 Å². The third kappa shape index (κ3) is 6.54. The molecule has 1 saturated heterocycles. The number of amides is 4. The van der Waals surface area contributed by atoms with Crippen LogP contribution in [-0.2, 0) is 19.1 Å². The Morgan fingerprint density at radius 2 is 1.93 bits per heavy atom. The molecule has 2 bridgehead atoms. The topological polar surface area (TPSA) is 130 Å². The molecule has 1 aromatic heterocycles. The van der Waals surface area contributed by atoms with Gasteiger partial charge in [-0.05, 0) is 60.9 Å². The van der Waals surface area contributed by atoms with Gasteiger partial charge < -0.3 is 20.3 Å². The van der Waals surface area contributed by atoms with Gasteiger partial charge in [0.05, 0.1) is 30.5 Å². The van der Waals surface area contributed by atoms with Crippen LogP contribution in [0.2, 0.25) is 5.02 Å². The number of hydrogen-bond donors (Lipinski definition) is 3. The van der Waals surface area contributed by atoms with Crippen LogP contribution in [0.3, 0.4) is 0 Å². The fourth-order valence-corrected chi connectivity index (χ4v) is 5.51. The molecule has 3 aromatic rings. The molecule has 0 radical (unpaired) electrons. The first-order valence-corrected chi connectivity index (χ1v) is 14.2. The summed E-state index contributed by atoms with van der Waals surface area (Å²) < 4.78 is 4.70. The number of anilines is 3. The molecule has 2 aromatic carbocycles. The molecular formula is C31H32ClN5O5. The van der Waals surface area contributed by atoms with E-state index in [9.17, 15) is 19.2 Å². The number of carbonyl (C=O) groups is 4. The summed E-state index contributed by atoms with van der Waals surface area (Å²) in [4.78, 5) is 57.3. The Kier molecular flexibility index (Phi) is 8.72. The van der Waals surface area contributed by atoms with Gasteiger partial charge in [0.15, 0.2) is 0 Å². The number of rotatable bonds is 4. The van der Waals surface area contributed by atoms with Crippen molar-refractivity contribution in [2.75, 3.05) is 29.2 Å². The highest BCUT2D eigenvalue weighted by Crippen LogP contribution is 2.34. The van der Waals surface area contributed by atoms with Gasteiger partial charge in [0.2, 0.25) is 17.7 Å². The monoisotopic (exact) mass is 589 g/mol. The minimum absolute atomic E-state index is 0.102. The Bertz CT molecular complexity index is 1530. The maximum absolute atomic E-state index is 13.5. The number of aromatic nitrogens is 1. The van der Waals surface area contributed by atoms with Gasteiger partial charge in [-0.15, -0.1) is 0 Å². The number of fused-ring (bicyclic) bond motifs is 4. The minimum Gasteiger partial charge on any atom is -0.453 e.